The van der Waals surface area contributed by atoms with Crippen LogP contribution >= 0.6 is 0 Å². The van der Waals surface area contributed by atoms with Gasteiger partial charge >= 0.3 is 5.69 Å². The fourth-order valence-corrected chi connectivity index (χ4v) is 1.45. The molecule has 1 aromatic rings. The normalized spacial score (nSPS) is 10.6. The zero-order valence-corrected chi connectivity index (χ0v) is 11.4. The van der Waals surface area contributed by atoms with Gasteiger partial charge in [-0.15, -0.1) is 0 Å². The zero-order valence-electron chi connectivity index (χ0n) is 11.4. The van der Waals surface area contributed by atoms with Crippen LogP contribution in [-0.4, -0.2) is 30.6 Å². The minimum atomic E-state index is -0.966. The molecule has 0 aliphatic carbocycles. The van der Waals surface area contributed by atoms with Crippen molar-refractivity contribution in [1.82, 2.24) is 5.32 Å². The van der Waals surface area contributed by atoms with Gasteiger partial charge in [0, 0.05) is 24.8 Å². The van der Waals surface area contributed by atoms with Crippen LogP contribution in [0.15, 0.2) is 18.2 Å². The van der Waals surface area contributed by atoms with E-state index in [9.17, 15) is 19.3 Å². The molecular weight excluding hydrogens is 267 g/mol. The van der Waals surface area contributed by atoms with Crippen LogP contribution in [0, 0.1) is 21.8 Å². The molecule has 0 heterocycles. The molecule has 6 nitrogen and oxygen atoms in total. The third-order valence-corrected chi connectivity index (χ3v) is 2.39. The number of nitrogens with zero attached hydrogens (tertiary/aromatic N) is 1. The molecule has 0 unspecified atom stereocenters. The standard InChI is InChI=1S/C13H17FN2O4/c1-9(2)8-20-6-5-15-13(17)10-3-4-11(14)12(7-10)16(18)19/h3-4,7,9H,5-6,8H2,1-2H3,(H,15,17). The van der Waals surface area contributed by atoms with Crippen molar-refractivity contribution in [3.63, 3.8) is 0 Å². The van der Waals surface area contributed by atoms with Crippen molar-refractivity contribution in [3.8, 4) is 0 Å². The summed E-state index contributed by atoms with van der Waals surface area (Å²) in [5, 5.41) is 13.1. The molecular formula is C13H17FN2O4. The quantitative estimate of drug-likeness (QED) is 0.472. The maximum absolute atomic E-state index is 13.1. The maximum Gasteiger partial charge on any atom is 0.305 e. The summed E-state index contributed by atoms with van der Waals surface area (Å²) in [6.45, 7) is 5.26. The molecule has 0 atom stereocenters. The average molecular weight is 284 g/mol. The van der Waals surface area contributed by atoms with Crippen molar-refractivity contribution in [2.75, 3.05) is 19.8 Å². The lowest BCUT2D eigenvalue weighted by atomic mass is 10.2. The van der Waals surface area contributed by atoms with Gasteiger partial charge in [0.15, 0.2) is 0 Å². The van der Waals surface area contributed by atoms with E-state index >= 15 is 0 Å². The molecule has 0 aliphatic rings. The van der Waals surface area contributed by atoms with Crippen molar-refractivity contribution in [2.24, 2.45) is 5.92 Å². The molecule has 0 spiro atoms. The number of hydrogen-bond acceptors (Lipinski definition) is 4. The predicted molar refractivity (Wildman–Crippen MR) is 71.0 cm³/mol. The number of carbonyl (C=O) groups is 1. The van der Waals surface area contributed by atoms with E-state index in [4.69, 9.17) is 4.74 Å². The highest BCUT2D eigenvalue weighted by Crippen LogP contribution is 2.18. The van der Waals surface area contributed by atoms with Gasteiger partial charge in [0.1, 0.15) is 0 Å². The summed E-state index contributed by atoms with van der Waals surface area (Å²) in [5.41, 5.74) is -0.671. The van der Waals surface area contributed by atoms with Crippen LogP contribution < -0.4 is 5.32 Å². The van der Waals surface area contributed by atoms with Gasteiger partial charge in [-0.1, -0.05) is 13.8 Å². The highest BCUT2D eigenvalue weighted by molar-refractivity contribution is 5.94. The third kappa shape index (κ3) is 4.93. The SMILES string of the molecule is CC(C)COCCNC(=O)c1ccc(F)c([N+](=O)[O-])c1. The number of ether oxygens (including phenoxy) is 1. The van der Waals surface area contributed by atoms with Gasteiger partial charge in [-0.3, -0.25) is 14.9 Å². The second kappa shape index (κ2) is 7.54. The van der Waals surface area contributed by atoms with Crippen molar-refractivity contribution in [3.05, 3.63) is 39.7 Å². The van der Waals surface area contributed by atoms with Gasteiger partial charge in [0.05, 0.1) is 11.5 Å². The summed E-state index contributed by atoms with van der Waals surface area (Å²) in [5.74, 6) is -1.06. The van der Waals surface area contributed by atoms with Crippen molar-refractivity contribution < 1.29 is 18.8 Å². The van der Waals surface area contributed by atoms with E-state index in [1.807, 2.05) is 13.8 Å². The first kappa shape index (κ1) is 16.0. The lowest BCUT2D eigenvalue weighted by molar-refractivity contribution is -0.387. The number of rotatable bonds is 7. The van der Waals surface area contributed by atoms with Crippen LogP contribution in [0.3, 0.4) is 0 Å². The Morgan fingerprint density at radius 3 is 2.80 bits per heavy atom. The first-order valence-electron chi connectivity index (χ1n) is 6.21. The molecule has 20 heavy (non-hydrogen) atoms. The smallest absolute Gasteiger partial charge is 0.305 e. The van der Waals surface area contributed by atoms with E-state index in [0.717, 1.165) is 12.1 Å². The fraction of sp³-hybridized carbons (Fsp3) is 0.462. The van der Waals surface area contributed by atoms with Gasteiger partial charge in [0.2, 0.25) is 5.82 Å². The summed E-state index contributed by atoms with van der Waals surface area (Å²) < 4.78 is 18.4. The molecule has 0 aromatic heterocycles. The Labute approximate surface area is 116 Å². The van der Waals surface area contributed by atoms with E-state index in [-0.39, 0.29) is 12.1 Å². The summed E-state index contributed by atoms with van der Waals surface area (Å²) in [6, 6.07) is 3.02. The average Bonchev–Trinajstić information content (AvgIpc) is 2.37. The zero-order chi connectivity index (χ0) is 15.1. The fourth-order valence-electron chi connectivity index (χ4n) is 1.45. The topological polar surface area (TPSA) is 81.5 Å². The molecule has 0 saturated heterocycles. The minimum absolute atomic E-state index is 0.0435. The van der Waals surface area contributed by atoms with E-state index in [1.54, 1.807) is 0 Å². The Kier molecular flexibility index (Phi) is 6.05. The number of halogens is 1. The van der Waals surface area contributed by atoms with Crippen LogP contribution in [0.4, 0.5) is 10.1 Å². The molecule has 0 saturated carbocycles. The second-order valence-corrected chi connectivity index (χ2v) is 4.65. The summed E-state index contributed by atoms with van der Waals surface area (Å²) in [6.07, 6.45) is 0. The molecule has 0 radical (unpaired) electrons. The Hall–Kier alpha value is -2.02. The highest BCUT2D eigenvalue weighted by atomic mass is 19.1. The van der Waals surface area contributed by atoms with Crippen LogP contribution in [0.1, 0.15) is 24.2 Å². The van der Waals surface area contributed by atoms with Crippen LogP contribution in [0.5, 0.6) is 0 Å². The molecule has 0 aliphatic heterocycles. The minimum Gasteiger partial charge on any atom is -0.379 e. The number of carbonyl (C=O) groups excluding carboxylic acids is 1. The van der Waals surface area contributed by atoms with Crippen molar-refractivity contribution >= 4 is 11.6 Å². The van der Waals surface area contributed by atoms with Gasteiger partial charge in [-0.2, -0.15) is 4.39 Å². The number of hydrogen-bond donors (Lipinski definition) is 1. The third-order valence-electron chi connectivity index (χ3n) is 2.39. The molecule has 1 rings (SSSR count). The summed E-state index contributed by atoms with van der Waals surface area (Å²) in [7, 11) is 0. The number of nitro groups is 1. The predicted octanol–water partition coefficient (Wildman–Crippen LogP) is 2.14. The molecule has 1 N–H and O–H groups in total. The van der Waals surface area contributed by atoms with E-state index in [1.165, 1.54) is 6.07 Å². The first-order valence-corrected chi connectivity index (χ1v) is 6.21. The first-order chi connectivity index (χ1) is 9.41. The monoisotopic (exact) mass is 284 g/mol. The Morgan fingerprint density at radius 2 is 2.20 bits per heavy atom. The second-order valence-electron chi connectivity index (χ2n) is 4.65. The van der Waals surface area contributed by atoms with Crippen molar-refractivity contribution in [2.45, 2.75) is 13.8 Å². The lowest BCUT2D eigenvalue weighted by Gasteiger charge is -2.08. The molecule has 0 fully saturated rings. The van der Waals surface area contributed by atoms with Crippen LogP contribution in [-0.2, 0) is 4.74 Å². The number of benzene rings is 1. The molecule has 0 bridgehead atoms. The van der Waals surface area contributed by atoms with Crippen LogP contribution in [0.2, 0.25) is 0 Å². The number of nitrogens with one attached hydrogen (secondary N) is 1. The van der Waals surface area contributed by atoms with E-state index < -0.39 is 22.3 Å². The summed E-state index contributed by atoms with van der Waals surface area (Å²) in [4.78, 5) is 21.4. The molecule has 1 amide bonds. The van der Waals surface area contributed by atoms with E-state index in [0.29, 0.717) is 19.1 Å². The Morgan fingerprint density at radius 1 is 1.50 bits per heavy atom. The van der Waals surface area contributed by atoms with Gasteiger partial charge < -0.3 is 10.1 Å². The van der Waals surface area contributed by atoms with Gasteiger partial charge in [-0.25, -0.2) is 0 Å². The number of amides is 1. The highest BCUT2D eigenvalue weighted by Gasteiger charge is 2.17. The van der Waals surface area contributed by atoms with Crippen molar-refractivity contribution in [1.29, 1.82) is 0 Å². The van der Waals surface area contributed by atoms with Gasteiger partial charge in [-0.05, 0) is 18.1 Å². The van der Waals surface area contributed by atoms with Gasteiger partial charge in [0.25, 0.3) is 5.91 Å². The maximum atomic E-state index is 13.1. The molecule has 7 heteroatoms. The molecule has 110 valence electrons. The number of nitro benzene ring substituents is 1. The Balaban J connectivity index is 2.51. The largest absolute Gasteiger partial charge is 0.379 e. The summed E-state index contributed by atoms with van der Waals surface area (Å²) >= 11 is 0. The lowest BCUT2D eigenvalue weighted by Crippen LogP contribution is -2.27. The Bertz CT molecular complexity index is 491. The molecule has 1 aromatic carbocycles. The van der Waals surface area contributed by atoms with Crippen LogP contribution in [0.25, 0.3) is 0 Å². The van der Waals surface area contributed by atoms with E-state index in [2.05, 4.69) is 5.32 Å².